The van der Waals surface area contributed by atoms with Crippen molar-refractivity contribution in [3.05, 3.63) is 51.1 Å². The fourth-order valence-electron chi connectivity index (χ4n) is 1.64. The number of hydrogen-bond donors (Lipinski definition) is 1. The van der Waals surface area contributed by atoms with E-state index in [-0.39, 0.29) is 18.0 Å². The second kappa shape index (κ2) is 6.85. The lowest BCUT2D eigenvalue weighted by Crippen LogP contribution is -2.26. The fraction of sp³-hybridized carbons (Fsp3) is 0.214. The minimum absolute atomic E-state index is 0.188. The third-order valence-corrected chi connectivity index (χ3v) is 3.57. The Bertz CT molecular complexity index is 690. The zero-order valence-corrected chi connectivity index (χ0v) is 12.2. The first-order valence-electron chi connectivity index (χ1n) is 6.21. The number of aromatic nitrogens is 1. The number of hydrogen-bond acceptors (Lipinski definition) is 5. The molecule has 1 heterocycles. The molecule has 21 heavy (non-hydrogen) atoms. The maximum absolute atomic E-state index is 11.6. The van der Waals surface area contributed by atoms with Gasteiger partial charge >= 0.3 is 10.8 Å². The summed E-state index contributed by atoms with van der Waals surface area (Å²) >= 11 is 1.02. The predicted octanol–water partition coefficient (Wildman–Crippen LogP) is 1.40. The van der Waals surface area contributed by atoms with Crippen LogP contribution in [0.25, 0.3) is 0 Å². The topological polar surface area (TPSA) is 77.4 Å². The van der Waals surface area contributed by atoms with Gasteiger partial charge in [0, 0.05) is 16.8 Å². The van der Waals surface area contributed by atoms with Crippen LogP contribution >= 0.6 is 11.3 Å². The van der Waals surface area contributed by atoms with E-state index in [0.717, 1.165) is 11.3 Å². The van der Waals surface area contributed by atoms with Gasteiger partial charge in [-0.2, -0.15) is 0 Å². The average molecular weight is 306 g/mol. The summed E-state index contributed by atoms with van der Waals surface area (Å²) in [5.41, 5.74) is 1.32. The van der Waals surface area contributed by atoms with Crippen molar-refractivity contribution < 1.29 is 14.3 Å². The van der Waals surface area contributed by atoms with Gasteiger partial charge in [0.1, 0.15) is 6.54 Å². The molecule has 1 amide bonds. The highest BCUT2D eigenvalue weighted by atomic mass is 32.1. The molecule has 0 spiro atoms. The third kappa shape index (κ3) is 4.28. The molecule has 0 saturated heterocycles. The molecule has 0 saturated carbocycles. The summed E-state index contributed by atoms with van der Waals surface area (Å²) in [5.74, 6) is -1.05. The minimum Gasteiger partial charge on any atom is -0.454 e. The smallest absolute Gasteiger partial charge is 0.326 e. The molecule has 0 atom stereocenters. The van der Waals surface area contributed by atoms with Gasteiger partial charge in [-0.1, -0.05) is 29.5 Å². The number of benzene rings is 1. The lowest BCUT2D eigenvalue weighted by Gasteiger charge is -2.07. The van der Waals surface area contributed by atoms with Crippen LogP contribution in [0.1, 0.15) is 5.69 Å². The van der Waals surface area contributed by atoms with Crippen molar-refractivity contribution in [3.63, 3.8) is 0 Å². The molecule has 1 aromatic carbocycles. The number of aryl methyl sites for hydroxylation is 1. The van der Waals surface area contributed by atoms with Crippen molar-refractivity contribution >= 4 is 28.9 Å². The highest BCUT2D eigenvalue weighted by Gasteiger charge is 2.11. The number of rotatable bonds is 5. The standard InChI is InChI=1S/C14H14N2O4S/c1-10-9-21-14(19)16(10)7-13(18)20-8-12(17)15-11-5-3-2-4-6-11/h2-6,9H,7-8H2,1H3,(H,15,17). The Labute approximate surface area is 125 Å². The molecule has 0 bridgehead atoms. The van der Waals surface area contributed by atoms with Gasteiger partial charge in [0.15, 0.2) is 6.61 Å². The number of esters is 1. The molecule has 0 aliphatic rings. The maximum Gasteiger partial charge on any atom is 0.326 e. The molecule has 2 aromatic rings. The van der Waals surface area contributed by atoms with Gasteiger partial charge in [-0.15, -0.1) is 0 Å². The number of para-hydroxylation sites is 1. The number of nitrogens with zero attached hydrogens (tertiary/aromatic N) is 1. The summed E-state index contributed by atoms with van der Waals surface area (Å²) in [5, 5.41) is 4.26. The summed E-state index contributed by atoms with van der Waals surface area (Å²) in [7, 11) is 0. The van der Waals surface area contributed by atoms with E-state index >= 15 is 0 Å². The zero-order valence-electron chi connectivity index (χ0n) is 11.4. The molecule has 0 fully saturated rings. The molecule has 0 aliphatic heterocycles. The summed E-state index contributed by atoms with van der Waals surface area (Å²) in [6, 6.07) is 8.86. The largest absolute Gasteiger partial charge is 0.454 e. The van der Waals surface area contributed by atoms with E-state index in [0.29, 0.717) is 11.4 Å². The fourth-order valence-corrected chi connectivity index (χ4v) is 2.37. The molecule has 6 nitrogen and oxygen atoms in total. The van der Waals surface area contributed by atoms with Gasteiger partial charge in [0.25, 0.3) is 5.91 Å². The number of ether oxygens (including phenoxy) is 1. The average Bonchev–Trinajstić information content (AvgIpc) is 2.78. The highest BCUT2D eigenvalue weighted by molar-refractivity contribution is 7.07. The van der Waals surface area contributed by atoms with E-state index in [9.17, 15) is 14.4 Å². The van der Waals surface area contributed by atoms with Gasteiger partial charge in [-0.3, -0.25) is 19.0 Å². The van der Waals surface area contributed by atoms with Crippen LogP contribution in [0.4, 0.5) is 5.69 Å². The van der Waals surface area contributed by atoms with Gasteiger partial charge in [0.05, 0.1) is 0 Å². The predicted molar refractivity (Wildman–Crippen MR) is 79.3 cm³/mol. The SMILES string of the molecule is Cc1csc(=O)n1CC(=O)OCC(=O)Nc1ccccc1. The first kappa shape index (κ1) is 15.0. The summed E-state index contributed by atoms with van der Waals surface area (Å²) < 4.78 is 6.16. The normalized spacial score (nSPS) is 10.1. The molecule has 1 N–H and O–H groups in total. The summed E-state index contributed by atoms with van der Waals surface area (Å²) in [6.45, 7) is 1.16. The van der Waals surface area contributed by atoms with Crippen molar-refractivity contribution in [2.75, 3.05) is 11.9 Å². The highest BCUT2D eigenvalue weighted by Crippen LogP contribution is 2.04. The Morgan fingerprint density at radius 3 is 2.62 bits per heavy atom. The lowest BCUT2D eigenvalue weighted by atomic mass is 10.3. The van der Waals surface area contributed by atoms with Crippen LogP contribution in [0.15, 0.2) is 40.5 Å². The van der Waals surface area contributed by atoms with Crippen molar-refractivity contribution in [1.29, 1.82) is 0 Å². The van der Waals surface area contributed by atoms with Crippen LogP contribution < -0.4 is 10.2 Å². The minimum atomic E-state index is -0.623. The van der Waals surface area contributed by atoms with Crippen LogP contribution in [-0.4, -0.2) is 23.1 Å². The van der Waals surface area contributed by atoms with Gasteiger partial charge in [-0.05, 0) is 19.1 Å². The molecule has 0 unspecified atom stereocenters. The van der Waals surface area contributed by atoms with Gasteiger partial charge in [-0.25, -0.2) is 0 Å². The van der Waals surface area contributed by atoms with E-state index in [1.807, 2.05) is 6.07 Å². The van der Waals surface area contributed by atoms with Crippen LogP contribution in [0.3, 0.4) is 0 Å². The quantitative estimate of drug-likeness (QED) is 0.847. The molecule has 2 rings (SSSR count). The second-order valence-corrected chi connectivity index (χ2v) is 5.12. The first-order valence-corrected chi connectivity index (χ1v) is 7.09. The van der Waals surface area contributed by atoms with Crippen molar-refractivity contribution in [3.8, 4) is 0 Å². The number of thiazole rings is 1. The van der Waals surface area contributed by atoms with E-state index in [1.165, 1.54) is 4.57 Å². The molecule has 110 valence electrons. The molecule has 0 aliphatic carbocycles. The first-order chi connectivity index (χ1) is 10.1. The van der Waals surface area contributed by atoms with Gasteiger partial charge < -0.3 is 10.1 Å². The van der Waals surface area contributed by atoms with Crippen molar-refractivity contribution in [2.24, 2.45) is 0 Å². The van der Waals surface area contributed by atoms with Crippen LogP contribution in [-0.2, 0) is 20.9 Å². The van der Waals surface area contributed by atoms with Crippen LogP contribution in [0.2, 0.25) is 0 Å². The molecule has 7 heteroatoms. The Morgan fingerprint density at radius 1 is 1.29 bits per heavy atom. The van der Waals surface area contributed by atoms with E-state index in [4.69, 9.17) is 4.74 Å². The van der Waals surface area contributed by atoms with E-state index in [2.05, 4.69) is 5.32 Å². The molecule has 1 aromatic heterocycles. The van der Waals surface area contributed by atoms with E-state index < -0.39 is 11.9 Å². The summed E-state index contributed by atoms with van der Waals surface area (Å²) in [4.78, 5) is 34.4. The third-order valence-electron chi connectivity index (χ3n) is 2.69. The zero-order chi connectivity index (χ0) is 15.2. The van der Waals surface area contributed by atoms with Crippen LogP contribution in [0, 0.1) is 6.92 Å². The molecule has 0 radical (unpaired) electrons. The maximum atomic E-state index is 11.6. The summed E-state index contributed by atoms with van der Waals surface area (Å²) in [6.07, 6.45) is 0. The number of carbonyl (C=O) groups is 2. The Kier molecular flexibility index (Phi) is 4.89. The van der Waals surface area contributed by atoms with Crippen molar-refractivity contribution in [2.45, 2.75) is 13.5 Å². The number of carbonyl (C=O) groups excluding carboxylic acids is 2. The Hall–Kier alpha value is -2.41. The number of nitrogens with one attached hydrogen (secondary N) is 1. The van der Waals surface area contributed by atoms with Crippen molar-refractivity contribution in [1.82, 2.24) is 4.57 Å². The lowest BCUT2D eigenvalue weighted by molar-refractivity contribution is -0.147. The second-order valence-electron chi connectivity index (χ2n) is 4.30. The molecular weight excluding hydrogens is 292 g/mol. The Balaban J connectivity index is 1.81. The monoisotopic (exact) mass is 306 g/mol. The van der Waals surface area contributed by atoms with Gasteiger partial charge in [0.2, 0.25) is 0 Å². The number of amides is 1. The van der Waals surface area contributed by atoms with Crippen LogP contribution in [0.5, 0.6) is 0 Å². The Morgan fingerprint density at radius 2 is 2.00 bits per heavy atom. The molecular formula is C14H14N2O4S. The number of anilines is 1. The van der Waals surface area contributed by atoms with E-state index in [1.54, 1.807) is 36.6 Å².